The second kappa shape index (κ2) is 22.3. The number of hydrogen-bond acceptors (Lipinski definition) is 17. The van der Waals surface area contributed by atoms with Gasteiger partial charge in [-0.25, -0.2) is 0 Å². The molecule has 2 unspecified atom stereocenters. The van der Waals surface area contributed by atoms with Gasteiger partial charge in [0, 0.05) is 68.8 Å². The minimum atomic E-state index is -1.43. The van der Waals surface area contributed by atoms with E-state index in [2.05, 4.69) is 10.3 Å². The number of nitrogens with zero attached hydrogens (tertiary/aromatic N) is 2. The van der Waals surface area contributed by atoms with E-state index in [-0.39, 0.29) is 55.3 Å². The van der Waals surface area contributed by atoms with E-state index in [4.69, 9.17) is 37.9 Å². The van der Waals surface area contributed by atoms with Crippen LogP contribution in [0.15, 0.2) is 24.4 Å². The van der Waals surface area contributed by atoms with Gasteiger partial charge in [0.25, 0.3) is 5.91 Å². The second-order valence-corrected chi connectivity index (χ2v) is 21.1. The molecule has 5 heterocycles. The Balaban J connectivity index is 1.57. The van der Waals surface area contributed by atoms with Crippen LogP contribution in [0.3, 0.4) is 0 Å². The maximum atomic E-state index is 15.0. The predicted octanol–water partition coefficient (Wildman–Crippen LogP) is 4.19. The van der Waals surface area contributed by atoms with Crippen molar-refractivity contribution in [3.8, 4) is 0 Å². The molecule has 4 aliphatic rings. The lowest BCUT2D eigenvalue weighted by Gasteiger charge is -2.50. The molecule has 374 valence electrons. The first kappa shape index (κ1) is 54.2. The fraction of sp³-hybridized carbons (Fsp3) is 0.812. The summed E-state index contributed by atoms with van der Waals surface area (Å²) in [7, 11) is 6.81. The Hall–Kier alpha value is -2.78. The largest absolute Gasteiger partial charge is 0.458 e. The zero-order chi connectivity index (χ0) is 49.1. The number of pyridine rings is 1. The van der Waals surface area contributed by atoms with Gasteiger partial charge in [0.2, 0.25) is 0 Å². The lowest BCUT2D eigenvalue weighted by molar-refractivity contribution is -0.319. The SMILES string of the molecule is CC[C@H]1OC(=O)[C@H](C)[C@@H](O[C@H]2C[C@@](C)(OC)[C@@H](O)[C@@H](C)O2)[C@H](C)[C@@H](O[C@@H]2O[C@H](C)C[C@H](N(C)C)[C@H]2O)[C@](C)(OC)C[C@@H](C)C(=O)[C@@H](C)C2C(SCCNC(=O)c3ccccn3)C(=O)O[C@@]21C. The average Bonchev–Trinajstić information content (AvgIpc) is 3.55. The summed E-state index contributed by atoms with van der Waals surface area (Å²) in [5, 5.41) is 24.9. The van der Waals surface area contributed by atoms with Crippen molar-refractivity contribution in [3.63, 3.8) is 0 Å². The topological polar surface area (TPSA) is 211 Å². The van der Waals surface area contributed by atoms with E-state index in [9.17, 15) is 24.6 Å². The summed E-state index contributed by atoms with van der Waals surface area (Å²) < 4.78 is 51.4. The molecule has 1 amide bonds. The molecule has 66 heavy (non-hydrogen) atoms. The van der Waals surface area contributed by atoms with Gasteiger partial charge in [-0.3, -0.25) is 24.2 Å². The van der Waals surface area contributed by atoms with Gasteiger partial charge in [-0.05, 0) is 87.0 Å². The fourth-order valence-corrected chi connectivity index (χ4v) is 12.2. The smallest absolute Gasteiger partial charge is 0.320 e. The first-order valence-corrected chi connectivity index (χ1v) is 24.5. The van der Waals surface area contributed by atoms with Crippen LogP contribution in [0.25, 0.3) is 0 Å². The third-order valence-corrected chi connectivity index (χ3v) is 16.1. The normalized spacial score (nSPS) is 42.8. The highest BCUT2D eigenvalue weighted by Gasteiger charge is 2.62. The van der Waals surface area contributed by atoms with Crippen molar-refractivity contribution < 1.29 is 67.3 Å². The molecule has 1 aromatic heterocycles. The maximum Gasteiger partial charge on any atom is 0.320 e. The van der Waals surface area contributed by atoms with Gasteiger partial charge in [0.05, 0.1) is 41.5 Å². The highest BCUT2D eigenvalue weighted by molar-refractivity contribution is 8.00. The van der Waals surface area contributed by atoms with Crippen molar-refractivity contribution in [2.24, 2.45) is 29.6 Å². The zero-order valence-electron chi connectivity index (χ0n) is 41.4. The maximum absolute atomic E-state index is 15.0. The van der Waals surface area contributed by atoms with Crippen molar-refractivity contribution in [1.29, 1.82) is 0 Å². The Morgan fingerprint density at radius 3 is 2.23 bits per heavy atom. The first-order valence-electron chi connectivity index (χ1n) is 23.5. The summed E-state index contributed by atoms with van der Waals surface area (Å²) in [4.78, 5) is 62.8. The number of Topliss-reactive ketones (excluding diaryl/α,β-unsaturated/α-hetero) is 1. The highest BCUT2D eigenvalue weighted by Crippen LogP contribution is 2.49. The summed E-state index contributed by atoms with van der Waals surface area (Å²) in [6.45, 7) is 18.2. The summed E-state index contributed by atoms with van der Waals surface area (Å²) >= 11 is 1.28. The molecule has 3 N–H and O–H groups in total. The number of thioether (sulfide) groups is 1. The van der Waals surface area contributed by atoms with Crippen LogP contribution in [0.1, 0.15) is 105 Å². The van der Waals surface area contributed by atoms with Crippen LogP contribution in [0.5, 0.6) is 0 Å². The number of carbonyl (C=O) groups is 4. The van der Waals surface area contributed by atoms with E-state index >= 15 is 4.79 Å². The molecule has 19 atom stereocenters. The Labute approximate surface area is 395 Å². The van der Waals surface area contributed by atoms with Crippen LogP contribution >= 0.6 is 11.8 Å². The van der Waals surface area contributed by atoms with Crippen molar-refractivity contribution in [1.82, 2.24) is 15.2 Å². The number of aromatic nitrogens is 1. The number of amides is 1. The van der Waals surface area contributed by atoms with Crippen LogP contribution in [-0.2, 0) is 52.3 Å². The molecule has 4 fully saturated rings. The molecule has 0 aromatic carbocycles. The molecule has 18 heteroatoms. The number of methoxy groups -OCH3 is 2. The molecule has 4 saturated heterocycles. The quantitative estimate of drug-likeness (QED) is 0.187. The van der Waals surface area contributed by atoms with Gasteiger partial charge < -0.3 is 58.3 Å². The van der Waals surface area contributed by atoms with Gasteiger partial charge in [-0.15, -0.1) is 11.8 Å². The van der Waals surface area contributed by atoms with E-state index in [0.29, 0.717) is 12.2 Å². The summed E-state index contributed by atoms with van der Waals surface area (Å²) in [6, 6.07) is 4.74. The van der Waals surface area contributed by atoms with E-state index in [1.54, 1.807) is 52.8 Å². The Kier molecular flexibility index (Phi) is 18.3. The van der Waals surface area contributed by atoms with Gasteiger partial charge in [0.15, 0.2) is 18.2 Å². The second-order valence-electron chi connectivity index (χ2n) is 19.9. The lowest BCUT2D eigenvalue weighted by Crippen LogP contribution is -2.61. The van der Waals surface area contributed by atoms with Crippen LogP contribution in [0.2, 0.25) is 0 Å². The van der Waals surface area contributed by atoms with Gasteiger partial charge >= 0.3 is 11.9 Å². The van der Waals surface area contributed by atoms with Gasteiger partial charge in [-0.2, -0.15) is 0 Å². The highest BCUT2D eigenvalue weighted by atomic mass is 32.2. The number of aliphatic hydroxyl groups is 2. The number of likely N-dealkylation sites (N-methyl/N-ethyl adjacent to an activating group) is 1. The van der Waals surface area contributed by atoms with E-state index in [1.807, 2.05) is 53.6 Å². The van der Waals surface area contributed by atoms with Crippen LogP contribution in [-0.4, -0.2) is 168 Å². The van der Waals surface area contributed by atoms with E-state index in [0.717, 1.165) is 0 Å². The minimum Gasteiger partial charge on any atom is -0.458 e. The standard InChI is InChI=1S/C48H77N3O14S/c1-15-33-48(10)35(39(44(57)65-48)66-21-20-50-42(55)31-18-16-17-19-49-31)27(4)36(52)25(2)23-47(9,59-14)41(64-45-37(53)32(51(11)12)22-26(3)60-45)28(5)38(29(6)43(56)62-33)63-34-24-46(8,58-13)40(54)30(7)61-34/h16-19,25-30,32-35,37-41,45,53-54H,15,20-24H2,1-14H3,(H,50,55)/t25-,26-,27+,28+,29-,30-,32+,33-,34+,35?,37-,38+,39?,40+,41-,45+,46-,47-,48-/m1/s1. The van der Waals surface area contributed by atoms with Crippen LogP contribution in [0, 0.1) is 29.6 Å². The summed E-state index contributed by atoms with van der Waals surface area (Å²) in [6.07, 6.45) is -5.57. The van der Waals surface area contributed by atoms with E-state index in [1.165, 1.54) is 32.2 Å². The van der Waals surface area contributed by atoms with Crippen molar-refractivity contribution in [3.05, 3.63) is 30.1 Å². The molecule has 17 nitrogen and oxygen atoms in total. The number of fused-ring (bicyclic) bond motifs is 1. The third kappa shape index (κ3) is 11.5. The van der Waals surface area contributed by atoms with E-state index < -0.39 is 113 Å². The molecule has 0 radical (unpaired) electrons. The zero-order valence-corrected chi connectivity index (χ0v) is 42.2. The van der Waals surface area contributed by atoms with Crippen LogP contribution in [0.4, 0.5) is 0 Å². The number of ether oxygens (including phenoxy) is 8. The van der Waals surface area contributed by atoms with Crippen molar-refractivity contribution in [2.45, 2.75) is 178 Å². The number of aliphatic hydroxyl groups excluding tert-OH is 2. The molecule has 4 aliphatic heterocycles. The van der Waals surface area contributed by atoms with Crippen LogP contribution < -0.4 is 5.32 Å². The Morgan fingerprint density at radius 2 is 1.62 bits per heavy atom. The third-order valence-electron chi connectivity index (χ3n) is 14.8. The number of nitrogens with one attached hydrogen (secondary N) is 1. The Morgan fingerprint density at radius 1 is 0.939 bits per heavy atom. The molecule has 5 rings (SSSR count). The summed E-state index contributed by atoms with van der Waals surface area (Å²) in [5.74, 6) is -5.37. The van der Waals surface area contributed by atoms with Crippen molar-refractivity contribution >= 4 is 35.4 Å². The molecule has 0 aliphatic carbocycles. The molecule has 1 aromatic rings. The first-order chi connectivity index (χ1) is 31.0. The molecular formula is C48H77N3O14S. The number of rotatable bonds is 13. The van der Waals surface area contributed by atoms with Crippen molar-refractivity contribution in [2.75, 3.05) is 40.6 Å². The predicted molar refractivity (Wildman–Crippen MR) is 245 cm³/mol. The number of ketones is 1. The molecular weight excluding hydrogens is 875 g/mol. The number of esters is 2. The fourth-order valence-electron chi connectivity index (χ4n) is 10.8. The lowest BCUT2D eigenvalue weighted by atomic mass is 9.70. The molecule has 0 bridgehead atoms. The molecule has 0 spiro atoms. The monoisotopic (exact) mass is 952 g/mol. The number of cyclic esters (lactones) is 1. The summed E-state index contributed by atoms with van der Waals surface area (Å²) in [5.41, 5.74) is -3.51. The number of hydrogen-bond donors (Lipinski definition) is 3. The average molecular weight is 952 g/mol. The Bertz CT molecular complexity index is 1810. The number of carbonyl (C=O) groups excluding carboxylic acids is 4. The minimum absolute atomic E-state index is 0.113. The molecule has 0 saturated carbocycles. The van der Waals surface area contributed by atoms with Gasteiger partial charge in [-0.1, -0.05) is 33.8 Å². The van der Waals surface area contributed by atoms with Gasteiger partial charge in [0.1, 0.15) is 35.0 Å².